The Morgan fingerprint density at radius 2 is 2.10 bits per heavy atom. The first-order valence-corrected chi connectivity index (χ1v) is 7.15. The first-order chi connectivity index (χ1) is 10.1. The van der Waals surface area contributed by atoms with E-state index >= 15 is 0 Å². The van der Waals surface area contributed by atoms with Crippen molar-refractivity contribution in [3.8, 4) is 5.88 Å². The lowest BCUT2D eigenvalue weighted by molar-refractivity contribution is 0.368. The number of hydrogen-bond acceptors (Lipinski definition) is 3. The van der Waals surface area contributed by atoms with Gasteiger partial charge in [-0.1, -0.05) is 12.1 Å². The summed E-state index contributed by atoms with van der Waals surface area (Å²) >= 11 is 0. The highest BCUT2D eigenvalue weighted by molar-refractivity contribution is 5.32. The third-order valence-corrected chi connectivity index (χ3v) is 4.11. The van der Waals surface area contributed by atoms with Crippen molar-refractivity contribution in [2.75, 3.05) is 7.11 Å². The van der Waals surface area contributed by atoms with Crippen LogP contribution in [0.25, 0.3) is 0 Å². The van der Waals surface area contributed by atoms with Crippen molar-refractivity contribution < 1.29 is 9.13 Å². The van der Waals surface area contributed by atoms with Crippen molar-refractivity contribution in [1.29, 1.82) is 0 Å². The van der Waals surface area contributed by atoms with Crippen molar-refractivity contribution in [3.05, 3.63) is 46.9 Å². The Balaban J connectivity index is 1.61. The number of aromatic nitrogens is 2. The normalized spacial score (nSPS) is 20.6. The van der Waals surface area contributed by atoms with Crippen LogP contribution in [0.2, 0.25) is 0 Å². The molecule has 1 saturated carbocycles. The summed E-state index contributed by atoms with van der Waals surface area (Å²) in [7, 11) is 3.55. The van der Waals surface area contributed by atoms with Crippen molar-refractivity contribution in [3.63, 3.8) is 0 Å². The van der Waals surface area contributed by atoms with E-state index in [1.807, 2.05) is 26.1 Å². The SMILES string of the molecule is COc1c(CNC2CC2c2ccc(F)cc2)c(C)nn1C. The molecule has 112 valence electrons. The summed E-state index contributed by atoms with van der Waals surface area (Å²) < 4.78 is 20.1. The van der Waals surface area contributed by atoms with E-state index in [0.717, 1.165) is 30.1 Å². The van der Waals surface area contributed by atoms with Gasteiger partial charge >= 0.3 is 0 Å². The van der Waals surface area contributed by atoms with Crippen molar-refractivity contribution >= 4 is 0 Å². The van der Waals surface area contributed by atoms with Crippen LogP contribution in [0.5, 0.6) is 5.88 Å². The van der Waals surface area contributed by atoms with Gasteiger partial charge in [0, 0.05) is 25.6 Å². The molecule has 1 N–H and O–H groups in total. The molecule has 3 rings (SSSR count). The van der Waals surface area contributed by atoms with Crippen LogP contribution >= 0.6 is 0 Å². The molecule has 1 aromatic heterocycles. The zero-order valence-electron chi connectivity index (χ0n) is 12.6. The van der Waals surface area contributed by atoms with Crippen LogP contribution < -0.4 is 10.1 Å². The number of ether oxygens (including phenoxy) is 1. The highest BCUT2D eigenvalue weighted by atomic mass is 19.1. The molecule has 0 amide bonds. The number of halogens is 1. The third-order valence-electron chi connectivity index (χ3n) is 4.11. The van der Waals surface area contributed by atoms with Crippen molar-refractivity contribution in [1.82, 2.24) is 15.1 Å². The first kappa shape index (κ1) is 14.1. The Bertz CT molecular complexity index is 636. The van der Waals surface area contributed by atoms with Crippen LogP contribution in [0.15, 0.2) is 24.3 Å². The number of hydrogen-bond donors (Lipinski definition) is 1. The average Bonchev–Trinajstić information content (AvgIpc) is 3.17. The van der Waals surface area contributed by atoms with Crippen LogP contribution in [-0.2, 0) is 13.6 Å². The Labute approximate surface area is 123 Å². The summed E-state index contributed by atoms with van der Waals surface area (Å²) in [5.74, 6) is 1.10. The van der Waals surface area contributed by atoms with E-state index in [2.05, 4.69) is 10.4 Å². The lowest BCUT2D eigenvalue weighted by atomic mass is 10.1. The molecule has 1 heterocycles. The maximum absolute atomic E-state index is 12.9. The molecule has 0 radical (unpaired) electrons. The number of nitrogens with one attached hydrogen (secondary N) is 1. The van der Waals surface area contributed by atoms with E-state index in [9.17, 15) is 4.39 Å². The van der Waals surface area contributed by atoms with Gasteiger partial charge in [0.05, 0.1) is 18.4 Å². The minimum absolute atomic E-state index is 0.181. The summed E-state index contributed by atoms with van der Waals surface area (Å²) in [6, 6.07) is 7.24. The number of aryl methyl sites for hydroxylation is 2. The zero-order chi connectivity index (χ0) is 15.0. The quantitative estimate of drug-likeness (QED) is 0.919. The molecule has 0 bridgehead atoms. The second kappa shape index (κ2) is 5.48. The fourth-order valence-electron chi connectivity index (χ4n) is 2.87. The molecular weight excluding hydrogens is 269 g/mol. The van der Waals surface area contributed by atoms with E-state index in [-0.39, 0.29) is 5.82 Å². The molecule has 0 saturated heterocycles. The monoisotopic (exact) mass is 289 g/mol. The maximum Gasteiger partial charge on any atom is 0.216 e. The lowest BCUT2D eigenvalue weighted by Gasteiger charge is -2.07. The van der Waals surface area contributed by atoms with Crippen LogP contribution in [0.1, 0.15) is 29.2 Å². The van der Waals surface area contributed by atoms with E-state index in [1.54, 1.807) is 11.8 Å². The zero-order valence-corrected chi connectivity index (χ0v) is 12.6. The predicted octanol–water partition coefficient (Wildman–Crippen LogP) is 2.52. The van der Waals surface area contributed by atoms with Crippen molar-refractivity contribution in [2.24, 2.45) is 7.05 Å². The highest BCUT2D eigenvalue weighted by Gasteiger charge is 2.38. The summed E-state index contributed by atoms with van der Waals surface area (Å²) in [6.07, 6.45) is 1.09. The smallest absolute Gasteiger partial charge is 0.216 e. The van der Waals surface area contributed by atoms with Crippen LogP contribution in [0.4, 0.5) is 4.39 Å². The third kappa shape index (κ3) is 2.78. The summed E-state index contributed by atoms with van der Waals surface area (Å²) in [5, 5.41) is 7.91. The highest BCUT2D eigenvalue weighted by Crippen LogP contribution is 2.41. The largest absolute Gasteiger partial charge is 0.481 e. The topological polar surface area (TPSA) is 39.1 Å². The van der Waals surface area contributed by atoms with Gasteiger partial charge in [-0.25, -0.2) is 9.07 Å². The molecule has 2 aromatic rings. The van der Waals surface area contributed by atoms with Gasteiger partial charge in [0.25, 0.3) is 0 Å². The molecule has 2 unspecified atom stereocenters. The van der Waals surface area contributed by atoms with E-state index in [1.165, 1.54) is 17.7 Å². The molecule has 1 aliphatic carbocycles. The molecule has 1 aliphatic rings. The summed E-state index contributed by atoms with van der Waals surface area (Å²) in [6.45, 7) is 2.73. The average molecular weight is 289 g/mol. The van der Waals surface area contributed by atoms with Gasteiger partial charge in [-0.3, -0.25) is 0 Å². The molecule has 2 atom stereocenters. The number of methoxy groups -OCH3 is 1. The minimum atomic E-state index is -0.181. The van der Waals surface area contributed by atoms with E-state index in [4.69, 9.17) is 4.74 Å². The van der Waals surface area contributed by atoms with E-state index in [0.29, 0.717) is 12.0 Å². The van der Waals surface area contributed by atoms with Gasteiger partial charge in [-0.05, 0) is 31.0 Å². The van der Waals surface area contributed by atoms with Gasteiger partial charge in [0.1, 0.15) is 5.82 Å². The molecular formula is C16H20FN3O. The minimum Gasteiger partial charge on any atom is -0.481 e. The molecule has 1 fully saturated rings. The Morgan fingerprint density at radius 3 is 2.76 bits per heavy atom. The Kier molecular flexibility index (Phi) is 3.68. The van der Waals surface area contributed by atoms with Crippen molar-refractivity contribution in [2.45, 2.75) is 31.8 Å². The first-order valence-electron chi connectivity index (χ1n) is 7.15. The Hall–Kier alpha value is -1.88. The molecule has 0 spiro atoms. The second-order valence-electron chi connectivity index (χ2n) is 5.58. The van der Waals surface area contributed by atoms with Crippen LogP contribution in [0, 0.1) is 12.7 Å². The lowest BCUT2D eigenvalue weighted by Crippen LogP contribution is -2.18. The summed E-state index contributed by atoms with van der Waals surface area (Å²) in [4.78, 5) is 0. The van der Waals surface area contributed by atoms with Gasteiger partial charge in [-0.15, -0.1) is 0 Å². The molecule has 1 aromatic carbocycles. The number of rotatable bonds is 5. The summed E-state index contributed by atoms with van der Waals surface area (Å²) in [5.41, 5.74) is 3.29. The standard InChI is InChI=1S/C16H20FN3O/c1-10-14(16(21-3)20(2)19-10)9-18-15-8-13(15)11-4-6-12(17)7-5-11/h4-7,13,15,18H,8-9H2,1-3H3. The van der Waals surface area contributed by atoms with Gasteiger partial charge in [0.15, 0.2) is 0 Å². The van der Waals surface area contributed by atoms with Gasteiger partial charge in [-0.2, -0.15) is 5.10 Å². The molecule has 4 nitrogen and oxygen atoms in total. The van der Waals surface area contributed by atoms with Gasteiger partial charge < -0.3 is 10.1 Å². The fourth-order valence-corrected chi connectivity index (χ4v) is 2.87. The number of nitrogens with zero attached hydrogens (tertiary/aromatic N) is 2. The van der Waals surface area contributed by atoms with E-state index < -0.39 is 0 Å². The van der Waals surface area contributed by atoms with Crippen LogP contribution in [-0.4, -0.2) is 22.9 Å². The predicted molar refractivity (Wildman–Crippen MR) is 78.9 cm³/mol. The van der Waals surface area contributed by atoms with Crippen LogP contribution in [0.3, 0.4) is 0 Å². The van der Waals surface area contributed by atoms with Gasteiger partial charge in [0.2, 0.25) is 5.88 Å². The number of benzene rings is 1. The maximum atomic E-state index is 12.9. The fraction of sp³-hybridized carbons (Fsp3) is 0.438. The molecule has 5 heteroatoms. The molecule has 0 aliphatic heterocycles. The molecule has 21 heavy (non-hydrogen) atoms. The Morgan fingerprint density at radius 1 is 1.38 bits per heavy atom. The second-order valence-corrected chi connectivity index (χ2v) is 5.58.